The highest BCUT2D eigenvalue weighted by atomic mass is 16.5. The predicted molar refractivity (Wildman–Crippen MR) is 155 cm³/mol. The van der Waals surface area contributed by atoms with Crippen LogP contribution in [0.1, 0.15) is 79.1 Å². The van der Waals surface area contributed by atoms with Gasteiger partial charge in [0.05, 0.1) is 11.2 Å². The van der Waals surface area contributed by atoms with Crippen LogP contribution in [0.2, 0.25) is 0 Å². The topological polar surface area (TPSA) is 93.1 Å². The molecule has 0 saturated heterocycles. The van der Waals surface area contributed by atoms with Gasteiger partial charge in [-0.3, -0.25) is 9.59 Å². The number of hydrogen-bond acceptors (Lipinski definition) is 6. The molecule has 42 heavy (non-hydrogen) atoms. The van der Waals surface area contributed by atoms with Gasteiger partial charge in [-0.1, -0.05) is 27.7 Å². The number of aliphatic hydroxyl groups is 2. The van der Waals surface area contributed by atoms with Crippen molar-refractivity contribution in [2.45, 2.75) is 101 Å². The molecule has 11 rings (SSSR count). The first-order valence-electron chi connectivity index (χ1n) is 16.8. The first-order valence-corrected chi connectivity index (χ1v) is 16.8. The van der Waals surface area contributed by atoms with E-state index in [1.807, 2.05) is 0 Å². The lowest BCUT2D eigenvalue weighted by Gasteiger charge is -2.67. The van der Waals surface area contributed by atoms with Gasteiger partial charge in [-0.25, -0.2) is 0 Å². The fourth-order valence-corrected chi connectivity index (χ4v) is 14.4. The summed E-state index contributed by atoms with van der Waals surface area (Å²) in [5, 5.41) is 26.0. The van der Waals surface area contributed by atoms with Gasteiger partial charge in [0.1, 0.15) is 11.2 Å². The van der Waals surface area contributed by atoms with Crippen LogP contribution >= 0.6 is 0 Å². The second kappa shape index (κ2) is 7.54. The largest absolute Gasteiger partial charge is 0.385 e. The first kappa shape index (κ1) is 27.0. The van der Waals surface area contributed by atoms with E-state index in [0.717, 1.165) is 49.7 Å². The molecule has 0 amide bonds. The van der Waals surface area contributed by atoms with E-state index in [4.69, 9.17) is 9.47 Å². The van der Waals surface area contributed by atoms with Crippen molar-refractivity contribution in [3.63, 3.8) is 0 Å². The molecule has 0 aliphatic heterocycles. The van der Waals surface area contributed by atoms with Crippen LogP contribution in [-0.4, -0.2) is 58.4 Å². The molecule has 2 N–H and O–H groups in total. The third-order valence-electron chi connectivity index (χ3n) is 16.4. The summed E-state index contributed by atoms with van der Waals surface area (Å²) in [6.07, 6.45) is 9.76. The molecule has 0 spiro atoms. The molecule has 0 radical (unpaired) electrons. The maximum absolute atomic E-state index is 13.4. The first-order chi connectivity index (χ1) is 19.7. The number of methoxy groups -OCH3 is 2. The van der Waals surface area contributed by atoms with Crippen molar-refractivity contribution in [3.8, 4) is 0 Å². The molecule has 9 fully saturated rings. The van der Waals surface area contributed by atoms with Crippen molar-refractivity contribution in [1.29, 1.82) is 0 Å². The Labute approximate surface area is 249 Å². The maximum Gasteiger partial charge on any atom is 0.159 e. The molecular weight excluding hydrogens is 528 g/mol. The van der Waals surface area contributed by atoms with Crippen molar-refractivity contribution in [3.05, 3.63) is 23.3 Å². The van der Waals surface area contributed by atoms with E-state index in [0.29, 0.717) is 11.8 Å². The fourth-order valence-electron chi connectivity index (χ4n) is 14.4. The molecule has 10 atom stereocenters. The second-order valence-corrected chi connectivity index (χ2v) is 17.6. The van der Waals surface area contributed by atoms with Gasteiger partial charge >= 0.3 is 0 Å². The quantitative estimate of drug-likeness (QED) is 0.497. The van der Waals surface area contributed by atoms with E-state index in [-0.39, 0.29) is 82.6 Å². The van der Waals surface area contributed by atoms with Gasteiger partial charge in [0, 0.05) is 27.1 Å². The summed E-state index contributed by atoms with van der Waals surface area (Å²) in [5.74, 6) is 1.98. The predicted octanol–water partition coefficient (Wildman–Crippen LogP) is 4.67. The van der Waals surface area contributed by atoms with Crippen molar-refractivity contribution >= 4 is 11.6 Å². The summed E-state index contributed by atoms with van der Waals surface area (Å²) < 4.78 is 13.2. The number of hydrogen-bond donors (Lipinski definition) is 2. The highest BCUT2D eigenvalue weighted by molar-refractivity contribution is 5.97. The SMILES string of the molecule is CO[C@@]12CC(=O)C=C1[C@@]1(O)[C@H](CC3C2C2C[C@@H]4C[C@H]5C[C@H](C5(C)C)[C@@]4(O)C4=CC(=O)C[C@@]4(OC)C32)C[C@H]2C[C@@H]1C2(C)C. The maximum atomic E-state index is 13.4. The van der Waals surface area contributed by atoms with Crippen molar-refractivity contribution in [1.82, 2.24) is 0 Å². The molecule has 11 aliphatic carbocycles. The number of ether oxygens (including phenoxy) is 2. The standard InChI is InChI=1S/C36H48O6/c1-31(2)17-7-19-9-23-29(33(41-5)15-21(37)13-27(33)35(19,39)25(31)11-17)24-10-20-8-18-12-26(32(18,3)4)36(20,40)28-14-22(38)16-34(28,42-6)30(23)24/h13-14,17-20,23-26,29-30,39-40H,7-12,15-16H2,1-6H3/t17-,18-,19-,20-,23?,24?,25+,26+,29?,30?,33-,34-,35+,36+/m0/s1. The van der Waals surface area contributed by atoms with Crippen molar-refractivity contribution in [2.75, 3.05) is 14.2 Å². The molecule has 0 aromatic carbocycles. The minimum absolute atomic E-state index is 0.0266. The molecule has 0 heterocycles. The summed E-state index contributed by atoms with van der Waals surface area (Å²) in [5.41, 5.74) is -2.04. The molecular formula is C36H48O6. The summed E-state index contributed by atoms with van der Waals surface area (Å²) in [7, 11) is 3.50. The smallest absolute Gasteiger partial charge is 0.159 e. The zero-order valence-electron chi connectivity index (χ0n) is 26.1. The summed E-state index contributed by atoms with van der Waals surface area (Å²) in [4.78, 5) is 26.9. The number of allylic oxidation sites excluding steroid dienone is 2. The van der Waals surface area contributed by atoms with Gasteiger partial charge in [0.2, 0.25) is 0 Å². The Kier molecular flexibility index (Phi) is 4.85. The zero-order chi connectivity index (χ0) is 29.6. The van der Waals surface area contributed by atoms with E-state index in [1.54, 1.807) is 26.4 Å². The third-order valence-corrected chi connectivity index (χ3v) is 16.4. The number of ketones is 2. The van der Waals surface area contributed by atoms with Crippen LogP contribution in [0, 0.1) is 70.0 Å². The van der Waals surface area contributed by atoms with Crippen LogP contribution in [0.25, 0.3) is 0 Å². The number of carbonyl (C=O) groups excluding carboxylic acids is 2. The Balaban J connectivity index is 1.23. The van der Waals surface area contributed by atoms with Crippen LogP contribution in [0.4, 0.5) is 0 Å². The average Bonchev–Trinajstić information content (AvgIpc) is 3.42. The number of fused-ring (bicyclic) bond motifs is 8. The molecule has 11 aliphatic rings. The molecule has 6 heteroatoms. The van der Waals surface area contributed by atoms with Crippen LogP contribution in [0.15, 0.2) is 23.3 Å². The second-order valence-electron chi connectivity index (χ2n) is 17.6. The van der Waals surface area contributed by atoms with E-state index in [1.165, 1.54) is 0 Å². The average molecular weight is 577 g/mol. The Morgan fingerprint density at radius 1 is 0.619 bits per heavy atom. The molecule has 0 aromatic heterocycles. The van der Waals surface area contributed by atoms with Gasteiger partial charge < -0.3 is 19.7 Å². The summed E-state index contributed by atoms with van der Waals surface area (Å²) in [6, 6.07) is 0. The third kappa shape index (κ3) is 2.55. The van der Waals surface area contributed by atoms with Crippen molar-refractivity contribution in [2.24, 2.45) is 70.0 Å². The van der Waals surface area contributed by atoms with Gasteiger partial charge in [-0.05, 0) is 132 Å². The Morgan fingerprint density at radius 2 is 1.00 bits per heavy atom. The van der Waals surface area contributed by atoms with Crippen LogP contribution in [-0.2, 0) is 19.1 Å². The van der Waals surface area contributed by atoms with Gasteiger partial charge in [0.15, 0.2) is 11.6 Å². The molecule has 6 nitrogen and oxygen atoms in total. The molecule has 0 aromatic rings. The highest BCUT2D eigenvalue weighted by Gasteiger charge is 2.80. The number of carbonyl (C=O) groups is 2. The Hall–Kier alpha value is -1.34. The zero-order valence-corrected chi connectivity index (χ0v) is 26.1. The van der Waals surface area contributed by atoms with Crippen LogP contribution < -0.4 is 0 Å². The van der Waals surface area contributed by atoms with E-state index >= 15 is 0 Å². The summed E-state index contributed by atoms with van der Waals surface area (Å²) >= 11 is 0. The summed E-state index contributed by atoms with van der Waals surface area (Å²) in [6.45, 7) is 9.19. The number of rotatable bonds is 2. The van der Waals surface area contributed by atoms with Gasteiger partial charge in [-0.2, -0.15) is 0 Å². The van der Waals surface area contributed by atoms with Gasteiger partial charge in [-0.15, -0.1) is 0 Å². The molecule has 9 saturated carbocycles. The normalized spacial score (nSPS) is 58.6. The lowest BCUT2D eigenvalue weighted by atomic mass is 9.39. The monoisotopic (exact) mass is 576 g/mol. The van der Waals surface area contributed by atoms with Crippen LogP contribution in [0.5, 0.6) is 0 Å². The Bertz CT molecular complexity index is 1280. The minimum Gasteiger partial charge on any atom is -0.385 e. The van der Waals surface area contributed by atoms with E-state index in [2.05, 4.69) is 27.7 Å². The highest BCUT2D eigenvalue weighted by Crippen LogP contribution is 2.78. The lowest BCUT2D eigenvalue weighted by Crippen LogP contribution is -2.68. The molecule has 0 unspecified atom stereocenters. The van der Waals surface area contributed by atoms with E-state index < -0.39 is 22.4 Å². The van der Waals surface area contributed by atoms with Crippen LogP contribution in [0.3, 0.4) is 0 Å². The molecule has 228 valence electrons. The Morgan fingerprint density at radius 3 is 1.33 bits per heavy atom. The fraction of sp³-hybridized carbons (Fsp3) is 0.833. The minimum atomic E-state index is -1.06. The lowest BCUT2D eigenvalue weighted by molar-refractivity contribution is -0.224. The van der Waals surface area contributed by atoms with E-state index in [9.17, 15) is 19.8 Å². The van der Waals surface area contributed by atoms with Gasteiger partial charge in [0.25, 0.3) is 0 Å². The van der Waals surface area contributed by atoms with Crippen molar-refractivity contribution < 1.29 is 29.3 Å². The molecule has 4 bridgehead atoms.